The predicted molar refractivity (Wildman–Crippen MR) is 67.7 cm³/mol. The lowest BCUT2D eigenvalue weighted by Crippen LogP contribution is -1.96. The molecule has 2 nitrogen and oxygen atoms in total. The van der Waals surface area contributed by atoms with E-state index in [0.717, 1.165) is 12.0 Å². The highest BCUT2D eigenvalue weighted by Crippen LogP contribution is 2.28. The average Bonchev–Trinajstić information content (AvgIpc) is 2.40. The molecule has 0 radical (unpaired) electrons. The van der Waals surface area contributed by atoms with Gasteiger partial charge in [-0.15, -0.1) is 0 Å². The van der Waals surface area contributed by atoms with Crippen LogP contribution in [0.3, 0.4) is 0 Å². The summed E-state index contributed by atoms with van der Waals surface area (Å²) in [7, 11) is 0. The Balaban J connectivity index is 2.40. The fourth-order valence-corrected chi connectivity index (χ4v) is 1.73. The fourth-order valence-electron chi connectivity index (χ4n) is 1.73. The second-order valence-electron chi connectivity index (χ2n) is 3.83. The molecule has 92 valence electrons. The minimum Gasteiger partial charge on any atom is -0.456 e. The smallest absolute Gasteiger partial charge is 0.156 e. The SMILES string of the molecule is CCc1ccccc1Oc1cccc(F)c1C=O. The van der Waals surface area contributed by atoms with E-state index in [4.69, 9.17) is 4.74 Å². The molecular weight excluding hydrogens is 231 g/mol. The van der Waals surface area contributed by atoms with E-state index in [-0.39, 0.29) is 11.3 Å². The summed E-state index contributed by atoms with van der Waals surface area (Å²) < 4.78 is 19.1. The molecule has 0 unspecified atom stereocenters. The number of benzene rings is 2. The summed E-state index contributed by atoms with van der Waals surface area (Å²) in [5.41, 5.74) is 0.960. The Labute approximate surface area is 105 Å². The molecule has 0 atom stereocenters. The topological polar surface area (TPSA) is 26.3 Å². The number of aldehydes is 1. The summed E-state index contributed by atoms with van der Waals surface area (Å²) in [4.78, 5) is 10.9. The molecule has 2 aromatic rings. The van der Waals surface area contributed by atoms with Crippen molar-refractivity contribution in [2.24, 2.45) is 0 Å². The normalized spacial score (nSPS) is 10.1. The molecule has 0 amide bonds. The minimum atomic E-state index is -0.573. The van der Waals surface area contributed by atoms with E-state index in [2.05, 4.69) is 0 Å². The van der Waals surface area contributed by atoms with Gasteiger partial charge in [-0.2, -0.15) is 0 Å². The van der Waals surface area contributed by atoms with Gasteiger partial charge in [0, 0.05) is 0 Å². The highest BCUT2D eigenvalue weighted by Gasteiger charge is 2.10. The zero-order chi connectivity index (χ0) is 13.0. The largest absolute Gasteiger partial charge is 0.456 e. The minimum absolute atomic E-state index is 0.0524. The van der Waals surface area contributed by atoms with Crippen molar-refractivity contribution >= 4 is 6.29 Å². The number of carbonyl (C=O) groups is 1. The third kappa shape index (κ3) is 2.40. The van der Waals surface area contributed by atoms with Gasteiger partial charge in [0.25, 0.3) is 0 Å². The van der Waals surface area contributed by atoms with Crippen LogP contribution in [0.1, 0.15) is 22.8 Å². The highest BCUT2D eigenvalue weighted by atomic mass is 19.1. The quantitative estimate of drug-likeness (QED) is 0.760. The number of aryl methyl sites for hydroxylation is 1. The van der Waals surface area contributed by atoms with E-state index in [1.165, 1.54) is 12.1 Å². The second-order valence-corrected chi connectivity index (χ2v) is 3.83. The maximum Gasteiger partial charge on any atom is 0.156 e. The number of carbonyl (C=O) groups excluding carboxylic acids is 1. The molecule has 0 fully saturated rings. The van der Waals surface area contributed by atoms with Crippen LogP contribution in [0.2, 0.25) is 0 Å². The Morgan fingerprint density at radius 3 is 2.56 bits per heavy atom. The van der Waals surface area contributed by atoms with Gasteiger partial charge in [-0.3, -0.25) is 4.79 Å². The van der Waals surface area contributed by atoms with Crippen LogP contribution in [0.4, 0.5) is 4.39 Å². The zero-order valence-electron chi connectivity index (χ0n) is 10.0. The van der Waals surface area contributed by atoms with Crippen molar-refractivity contribution in [1.29, 1.82) is 0 Å². The first kappa shape index (κ1) is 12.3. The molecule has 18 heavy (non-hydrogen) atoms. The maximum atomic E-state index is 13.4. The summed E-state index contributed by atoms with van der Waals surface area (Å²) in [6, 6.07) is 11.8. The van der Waals surface area contributed by atoms with Crippen molar-refractivity contribution in [1.82, 2.24) is 0 Å². The van der Waals surface area contributed by atoms with E-state index in [1.54, 1.807) is 12.1 Å². The van der Waals surface area contributed by atoms with Crippen LogP contribution in [0, 0.1) is 5.82 Å². The first-order chi connectivity index (χ1) is 8.76. The summed E-state index contributed by atoms with van der Waals surface area (Å²) >= 11 is 0. The lowest BCUT2D eigenvalue weighted by Gasteiger charge is -2.11. The zero-order valence-corrected chi connectivity index (χ0v) is 10.0. The molecule has 0 aliphatic rings. The monoisotopic (exact) mass is 244 g/mol. The number of hydrogen-bond acceptors (Lipinski definition) is 2. The first-order valence-electron chi connectivity index (χ1n) is 5.75. The first-order valence-corrected chi connectivity index (χ1v) is 5.75. The summed E-state index contributed by atoms with van der Waals surface area (Å²) in [6.45, 7) is 2.01. The standard InChI is InChI=1S/C15H13FO2/c1-2-11-6-3-4-8-14(11)18-15-9-5-7-13(16)12(15)10-17/h3-10H,2H2,1H3. The number of para-hydroxylation sites is 1. The molecule has 0 saturated heterocycles. The third-order valence-electron chi connectivity index (χ3n) is 2.70. The molecule has 2 rings (SSSR count). The lowest BCUT2D eigenvalue weighted by molar-refractivity contribution is 0.111. The molecule has 0 aliphatic heterocycles. The molecule has 0 saturated carbocycles. The average molecular weight is 244 g/mol. The van der Waals surface area contributed by atoms with Crippen LogP contribution in [-0.2, 0) is 6.42 Å². The van der Waals surface area contributed by atoms with Gasteiger partial charge in [0.2, 0.25) is 0 Å². The Kier molecular flexibility index (Phi) is 3.72. The molecule has 0 bridgehead atoms. The van der Waals surface area contributed by atoms with E-state index < -0.39 is 5.82 Å². The van der Waals surface area contributed by atoms with Gasteiger partial charge in [0.15, 0.2) is 6.29 Å². The fraction of sp³-hybridized carbons (Fsp3) is 0.133. The van der Waals surface area contributed by atoms with E-state index >= 15 is 0 Å². The Morgan fingerprint density at radius 1 is 1.11 bits per heavy atom. The summed E-state index contributed by atoms with van der Waals surface area (Å²) in [5, 5.41) is 0. The third-order valence-corrected chi connectivity index (χ3v) is 2.70. The predicted octanol–water partition coefficient (Wildman–Crippen LogP) is 3.99. The number of halogens is 1. The second kappa shape index (κ2) is 5.45. The summed E-state index contributed by atoms with van der Waals surface area (Å²) in [6.07, 6.45) is 1.28. The van der Waals surface area contributed by atoms with Crippen LogP contribution in [-0.4, -0.2) is 6.29 Å². The van der Waals surface area contributed by atoms with Gasteiger partial charge in [0.05, 0.1) is 5.56 Å². The highest BCUT2D eigenvalue weighted by molar-refractivity contribution is 5.79. The molecule has 2 aromatic carbocycles. The molecule has 0 N–H and O–H groups in total. The van der Waals surface area contributed by atoms with Gasteiger partial charge >= 0.3 is 0 Å². The van der Waals surface area contributed by atoms with Crippen molar-refractivity contribution in [3.63, 3.8) is 0 Å². The molecule has 0 spiro atoms. The van der Waals surface area contributed by atoms with Gasteiger partial charge in [-0.05, 0) is 30.2 Å². The molecule has 0 heterocycles. The summed E-state index contributed by atoms with van der Waals surface area (Å²) in [5.74, 6) is 0.316. The van der Waals surface area contributed by atoms with Crippen molar-refractivity contribution in [2.75, 3.05) is 0 Å². The Morgan fingerprint density at radius 2 is 1.83 bits per heavy atom. The van der Waals surface area contributed by atoms with Gasteiger partial charge in [-0.25, -0.2) is 4.39 Å². The van der Waals surface area contributed by atoms with Crippen molar-refractivity contribution in [3.05, 3.63) is 59.4 Å². The van der Waals surface area contributed by atoms with E-state index in [9.17, 15) is 9.18 Å². The van der Waals surface area contributed by atoms with Crippen LogP contribution in [0.15, 0.2) is 42.5 Å². The number of ether oxygens (including phenoxy) is 1. The van der Waals surface area contributed by atoms with Crippen molar-refractivity contribution < 1.29 is 13.9 Å². The number of rotatable bonds is 4. The molecule has 3 heteroatoms. The van der Waals surface area contributed by atoms with Crippen LogP contribution >= 0.6 is 0 Å². The van der Waals surface area contributed by atoms with Gasteiger partial charge in [-0.1, -0.05) is 31.2 Å². The van der Waals surface area contributed by atoms with Crippen LogP contribution in [0.25, 0.3) is 0 Å². The molecule has 0 aliphatic carbocycles. The van der Waals surface area contributed by atoms with E-state index in [1.807, 2.05) is 25.1 Å². The molecule has 0 aromatic heterocycles. The number of hydrogen-bond donors (Lipinski definition) is 0. The van der Waals surface area contributed by atoms with Crippen molar-refractivity contribution in [2.45, 2.75) is 13.3 Å². The van der Waals surface area contributed by atoms with Crippen molar-refractivity contribution in [3.8, 4) is 11.5 Å². The van der Waals surface area contributed by atoms with Crippen LogP contribution < -0.4 is 4.74 Å². The Bertz CT molecular complexity index is 564. The van der Waals surface area contributed by atoms with Gasteiger partial charge in [0.1, 0.15) is 17.3 Å². The van der Waals surface area contributed by atoms with E-state index in [0.29, 0.717) is 12.0 Å². The Hall–Kier alpha value is -2.16. The molecular formula is C15H13FO2. The maximum absolute atomic E-state index is 13.4. The van der Waals surface area contributed by atoms with Gasteiger partial charge < -0.3 is 4.74 Å². The lowest BCUT2D eigenvalue weighted by atomic mass is 10.1. The van der Waals surface area contributed by atoms with Crippen LogP contribution in [0.5, 0.6) is 11.5 Å².